The van der Waals surface area contributed by atoms with E-state index < -0.39 is 0 Å². The van der Waals surface area contributed by atoms with Crippen molar-refractivity contribution >= 4 is 17.4 Å². The highest BCUT2D eigenvalue weighted by molar-refractivity contribution is 7.07. The third-order valence-electron chi connectivity index (χ3n) is 4.30. The van der Waals surface area contributed by atoms with Crippen LogP contribution < -0.4 is 5.32 Å². The van der Waals surface area contributed by atoms with Crippen LogP contribution in [0.2, 0.25) is 0 Å². The van der Waals surface area contributed by atoms with Crippen LogP contribution in [0.4, 0.5) is 4.79 Å². The number of urea groups is 1. The molecule has 2 atom stereocenters. The molecule has 2 N–H and O–H groups in total. The van der Waals surface area contributed by atoms with Gasteiger partial charge < -0.3 is 15.0 Å². The first-order valence-corrected chi connectivity index (χ1v) is 9.27. The second-order valence-electron chi connectivity index (χ2n) is 6.25. The van der Waals surface area contributed by atoms with Gasteiger partial charge in [0.1, 0.15) is 6.10 Å². The zero-order valence-electron chi connectivity index (χ0n) is 14.1. The molecule has 3 heterocycles. The van der Waals surface area contributed by atoms with Crippen LogP contribution in [0.1, 0.15) is 36.3 Å². The third-order valence-corrected chi connectivity index (χ3v) is 5.00. The molecule has 0 saturated carbocycles. The molecule has 0 bridgehead atoms. The molecule has 1 aliphatic heterocycles. The van der Waals surface area contributed by atoms with E-state index in [0.29, 0.717) is 19.6 Å². The number of morpholine rings is 1. The molecule has 0 spiro atoms. The predicted molar refractivity (Wildman–Crippen MR) is 94.2 cm³/mol. The number of aromatic amines is 1. The van der Waals surface area contributed by atoms with Crippen LogP contribution >= 0.6 is 11.3 Å². The molecule has 1 saturated heterocycles. The number of aromatic nitrogens is 2. The van der Waals surface area contributed by atoms with Gasteiger partial charge in [-0.15, -0.1) is 0 Å². The number of aryl methyl sites for hydroxylation is 2. The summed E-state index contributed by atoms with van der Waals surface area (Å²) in [5.41, 5.74) is 3.46. The summed E-state index contributed by atoms with van der Waals surface area (Å²) in [5, 5.41) is 14.1. The zero-order chi connectivity index (χ0) is 16.9. The predicted octanol–water partition coefficient (Wildman–Crippen LogP) is 2.88. The van der Waals surface area contributed by atoms with Gasteiger partial charge in [0.2, 0.25) is 0 Å². The second-order valence-corrected chi connectivity index (χ2v) is 7.03. The molecule has 2 aromatic rings. The molecule has 0 aliphatic carbocycles. The van der Waals surface area contributed by atoms with Crippen molar-refractivity contribution in [1.82, 2.24) is 20.4 Å². The van der Waals surface area contributed by atoms with Gasteiger partial charge in [0, 0.05) is 18.8 Å². The highest BCUT2D eigenvalue weighted by Crippen LogP contribution is 2.26. The summed E-state index contributed by atoms with van der Waals surface area (Å²) in [4.78, 5) is 14.3. The zero-order valence-corrected chi connectivity index (χ0v) is 14.9. The molecule has 24 heavy (non-hydrogen) atoms. The molecule has 2 aromatic heterocycles. The molecule has 130 valence electrons. The van der Waals surface area contributed by atoms with Crippen LogP contribution in [0.15, 0.2) is 23.0 Å². The summed E-state index contributed by atoms with van der Waals surface area (Å²) < 4.78 is 5.97. The summed E-state index contributed by atoms with van der Waals surface area (Å²) in [6.07, 6.45) is 3.69. The number of ether oxygens (including phenoxy) is 1. The molecule has 7 heteroatoms. The number of carbonyl (C=O) groups is 1. The summed E-state index contributed by atoms with van der Waals surface area (Å²) in [7, 11) is 0. The number of rotatable bonds is 5. The molecule has 0 radical (unpaired) electrons. The Kier molecular flexibility index (Phi) is 5.52. The highest BCUT2D eigenvalue weighted by Gasteiger charge is 2.29. The van der Waals surface area contributed by atoms with Gasteiger partial charge >= 0.3 is 6.03 Å². The van der Waals surface area contributed by atoms with E-state index in [1.807, 2.05) is 30.3 Å². The fraction of sp³-hybridized carbons (Fsp3) is 0.529. The number of thiophene rings is 1. The lowest BCUT2D eigenvalue weighted by atomic mass is 10.1. The van der Waals surface area contributed by atoms with Gasteiger partial charge in [0.05, 0.1) is 18.8 Å². The van der Waals surface area contributed by atoms with Crippen molar-refractivity contribution in [2.24, 2.45) is 0 Å². The van der Waals surface area contributed by atoms with Gasteiger partial charge in [-0.1, -0.05) is 0 Å². The number of H-pyrrole nitrogens is 1. The number of nitrogens with zero attached hydrogens (tertiary/aromatic N) is 2. The SMILES string of the molecule is Cc1[nH]ncc1CCCNC(=O)N1C[C@H](C)O[C@@H](c2ccsc2)C1. The van der Waals surface area contributed by atoms with Crippen molar-refractivity contribution in [2.45, 2.75) is 38.9 Å². The topological polar surface area (TPSA) is 70.2 Å². The molecular weight excluding hydrogens is 324 g/mol. The largest absolute Gasteiger partial charge is 0.367 e. The summed E-state index contributed by atoms with van der Waals surface area (Å²) in [6, 6.07) is 2.06. The Balaban J connectivity index is 1.46. The molecule has 0 unspecified atom stereocenters. The molecule has 3 rings (SSSR count). The van der Waals surface area contributed by atoms with E-state index in [1.165, 1.54) is 5.56 Å². The summed E-state index contributed by atoms with van der Waals surface area (Å²) >= 11 is 1.65. The van der Waals surface area contributed by atoms with Crippen LogP contribution in [0.25, 0.3) is 0 Å². The lowest BCUT2D eigenvalue weighted by Crippen LogP contribution is -2.50. The standard InChI is InChI=1S/C17H24N4O2S/c1-12-9-21(10-16(23-12)15-5-7-24-11-15)17(22)18-6-3-4-14-8-19-20-13(14)2/h5,7-8,11-12,16H,3-4,6,9-10H2,1-2H3,(H,18,22)(H,19,20)/t12-,16+/m0/s1. The smallest absolute Gasteiger partial charge is 0.317 e. The minimum absolute atomic E-state index is 0.00528. The fourth-order valence-corrected chi connectivity index (χ4v) is 3.67. The van der Waals surface area contributed by atoms with Crippen molar-refractivity contribution in [3.05, 3.63) is 39.8 Å². The number of hydrogen-bond donors (Lipinski definition) is 2. The van der Waals surface area contributed by atoms with Gasteiger partial charge in [-0.25, -0.2) is 4.79 Å². The number of nitrogens with one attached hydrogen (secondary N) is 2. The van der Waals surface area contributed by atoms with E-state index in [-0.39, 0.29) is 18.2 Å². The van der Waals surface area contributed by atoms with Crippen molar-refractivity contribution in [3.8, 4) is 0 Å². The summed E-state index contributed by atoms with van der Waals surface area (Å²) in [6.45, 7) is 5.93. The Morgan fingerprint density at radius 2 is 2.42 bits per heavy atom. The molecule has 0 aromatic carbocycles. The van der Waals surface area contributed by atoms with Gasteiger partial charge in [-0.2, -0.15) is 16.4 Å². The van der Waals surface area contributed by atoms with Gasteiger partial charge in [-0.3, -0.25) is 5.10 Å². The molecular formula is C17H24N4O2S. The average molecular weight is 348 g/mol. The van der Waals surface area contributed by atoms with Crippen LogP contribution in [0, 0.1) is 6.92 Å². The first kappa shape index (κ1) is 17.0. The van der Waals surface area contributed by atoms with E-state index in [9.17, 15) is 4.79 Å². The molecule has 2 amide bonds. The van der Waals surface area contributed by atoms with Crippen LogP contribution in [-0.4, -0.2) is 46.9 Å². The number of carbonyl (C=O) groups excluding carboxylic acids is 1. The first-order chi connectivity index (χ1) is 11.6. The Labute approximate surface area is 146 Å². The van der Waals surface area contributed by atoms with Crippen molar-refractivity contribution in [3.63, 3.8) is 0 Å². The average Bonchev–Trinajstić information content (AvgIpc) is 3.23. The van der Waals surface area contributed by atoms with E-state index in [0.717, 1.165) is 24.1 Å². The number of amides is 2. The van der Waals surface area contributed by atoms with E-state index in [4.69, 9.17) is 4.74 Å². The molecule has 1 aliphatic rings. The lowest BCUT2D eigenvalue weighted by Gasteiger charge is -2.36. The lowest BCUT2D eigenvalue weighted by molar-refractivity contribution is -0.0654. The maximum Gasteiger partial charge on any atom is 0.317 e. The van der Waals surface area contributed by atoms with Gasteiger partial charge in [-0.05, 0) is 54.6 Å². The maximum absolute atomic E-state index is 12.4. The van der Waals surface area contributed by atoms with E-state index in [2.05, 4.69) is 27.0 Å². The second kappa shape index (κ2) is 7.81. The van der Waals surface area contributed by atoms with E-state index in [1.54, 1.807) is 11.3 Å². The maximum atomic E-state index is 12.4. The van der Waals surface area contributed by atoms with Crippen molar-refractivity contribution in [2.75, 3.05) is 19.6 Å². The minimum Gasteiger partial charge on any atom is -0.367 e. The highest BCUT2D eigenvalue weighted by atomic mass is 32.1. The Hall–Kier alpha value is -1.86. The summed E-state index contributed by atoms with van der Waals surface area (Å²) in [5.74, 6) is 0. The fourth-order valence-electron chi connectivity index (χ4n) is 2.97. The normalized spacial score (nSPS) is 21.0. The van der Waals surface area contributed by atoms with Gasteiger partial charge in [0.15, 0.2) is 0 Å². The molecule has 1 fully saturated rings. The Morgan fingerprint density at radius 1 is 1.54 bits per heavy atom. The van der Waals surface area contributed by atoms with Crippen molar-refractivity contribution < 1.29 is 9.53 Å². The quantitative estimate of drug-likeness (QED) is 0.816. The Morgan fingerprint density at radius 3 is 3.12 bits per heavy atom. The van der Waals surface area contributed by atoms with Crippen LogP contribution in [0.5, 0.6) is 0 Å². The van der Waals surface area contributed by atoms with Crippen LogP contribution in [-0.2, 0) is 11.2 Å². The van der Waals surface area contributed by atoms with Crippen molar-refractivity contribution in [1.29, 1.82) is 0 Å². The third kappa shape index (κ3) is 4.15. The van der Waals surface area contributed by atoms with Crippen LogP contribution in [0.3, 0.4) is 0 Å². The first-order valence-electron chi connectivity index (χ1n) is 8.32. The number of hydrogen-bond acceptors (Lipinski definition) is 4. The van der Waals surface area contributed by atoms with E-state index >= 15 is 0 Å². The molecule has 6 nitrogen and oxygen atoms in total. The monoisotopic (exact) mass is 348 g/mol. The minimum atomic E-state index is -0.0284. The van der Waals surface area contributed by atoms with Gasteiger partial charge in [0.25, 0.3) is 0 Å². The Bertz CT molecular complexity index is 655.